The van der Waals surface area contributed by atoms with Crippen molar-refractivity contribution in [1.29, 1.82) is 0 Å². The maximum absolute atomic E-state index is 12.4. The highest BCUT2D eigenvalue weighted by molar-refractivity contribution is 7.89. The zero-order chi connectivity index (χ0) is 14.3. The molecule has 20 heavy (non-hydrogen) atoms. The molecule has 6 nitrogen and oxygen atoms in total. The molecule has 2 fully saturated rings. The first-order valence-corrected chi connectivity index (χ1v) is 9.20. The third-order valence-corrected chi connectivity index (χ3v) is 6.12. The zero-order valence-electron chi connectivity index (χ0n) is 11.0. The molecule has 2 heterocycles. The van der Waals surface area contributed by atoms with Gasteiger partial charge in [0.2, 0.25) is 10.0 Å². The van der Waals surface area contributed by atoms with Crippen LogP contribution >= 0.6 is 11.3 Å². The molecule has 2 aliphatic rings. The number of primary sulfonamides is 1. The molecule has 1 saturated heterocycles. The number of nitrogens with two attached hydrogens (primary N) is 1. The summed E-state index contributed by atoms with van der Waals surface area (Å²) in [7, 11) is -3.58. The Labute approximate surface area is 122 Å². The maximum Gasteiger partial charge on any atom is 0.273 e. The van der Waals surface area contributed by atoms with E-state index in [4.69, 9.17) is 5.14 Å². The van der Waals surface area contributed by atoms with Crippen molar-refractivity contribution < 1.29 is 13.2 Å². The predicted molar refractivity (Wildman–Crippen MR) is 76.1 cm³/mol. The Morgan fingerprint density at radius 1 is 1.40 bits per heavy atom. The average Bonchev–Trinajstić information content (AvgIpc) is 3.15. The molecule has 1 amide bonds. The van der Waals surface area contributed by atoms with E-state index in [9.17, 15) is 13.2 Å². The second-order valence-corrected chi connectivity index (χ2v) is 8.18. The van der Waals surface area contributed by atoms with Crippen LogP contribution < -0.4 is 5.14 Å². The molecule has 0 bridgehead atoms. The summed E-state index contributed by atoms with van der Waals surface area (Å²) in [5.41, 5.74) is 0.437. The van der Waals surface area contributed by atoms with Crippen LogP contribution in [-0.2, 0) is 10.0 Å². The molecule has 1 aliphatic carbocycles. The van der Waals surface area contributed by atoms with E-state index in [1.165, 1.54) is 11.3 Å². The molecule has 110 valence electrons. The van der Waals surface area contributed by atoms with Crippen molar-refractivity contribution >= 4 is 27.3 Å². The van der Waals surface area contributed by atoms with E-state index >= 15 is 0 Å². The van der Waals surface area contributed by atoms with Gasteiger partial charge in [-0.2, -0.15) is 0 Å². The van der Waals surface area contributed by atoms with Crippen LogP contribution in [0.25, 0.3) is 0 Å². The number of carbonyl (C=O) groups excluding carboxylic acids is 1. The summed E-state index contributed by atoms with van der Waals surface area (Å²) >= 11 is 1.52. The lowest BCUT2D eigenvalue weighted by molar-refractivity contribution is 0.0721. The summed E-state index contributed by atoms with van der Waals surface area (Å²) in [5, 5.41) is 7.33. The highest BCUT2D eigenvalue weighted by Gasteiger charge is 2.33. The first kappa shape index (κ1) is 14.0. The molecule has 1 aliphatic heterocycles. The van der Waals surface area contributed by atoms with Gasteiger partial charge in [-0.15, -0.1) is 11.3 Å². The number of hydrogen-bond donors (Lipinski definition) is 1. The summed E-state index contributed by atoms with van der Waals surface area (Å²) in [5.74, 6) is 0.349. The number of piperidine rings is 1. The lowest BCUT2D eigenvalue weighted by Crippen LogP contribution is -2.47. The molecule has 1 aromatic heterocycles. The van der Waals surface area contributed by atoms with Crippen LogP contribution in [0.2, 0.25) is 0 Å². The SMILES string of the molecule is NS(=O)(=O)C1CCCN(C(=O)c2csc(C3CC3)n2)C1. The molecule has 0 aromatic carbocycles. The van der Waals surface area contributed by atoms with Gasteiger partial charge in [-0.25, -0.2) is 18.5 Å². The Morgan fingerprint density at radius 3 is 2.80 bits per heavy atom. The summed E-state index contributed by atoms with van der Waals surface area (Å²) in [6.45, 7) is 0.745. The van der Waals surface area contributed by atoms with Gasteiger partial charge in [0, 0.05) is 24.4 Å². The second-order valence-electron chi connectivity index (χ2n) is 5.45. The van der Waals surface area contributed by atoms with E-state index in [-0.39, 0.29) is 12.5 Å². The van der Waals surface area contributed by atoms with Crippen LogP contribution in [0.3, 0.4) is 0 Å². The summed E-state index contributed by atoms with van der Waals surface area (Å²) in [4.78, 5) is 18.3. The van der Waals surface area contributed by atoms with E-state index in [2.05, 4.69) is 4.98 Å². The van der Waals surface area contributed by atoms with Crippen molar-refractivity contribution in [3.63, 3.8) is 0 Å². The van der Waals surface area contributed by atoms with Crippen molar-refractivity contribution in [2.45, 2.75) is 36.9 Å². The molecule has 2 N–H and O–H groups in total. The largest absolute Gasteiger partial charge is 0.336 e. The fourth-order valence-electron chi connectivity index (χ4n) is 2.46. The van der Waals surface area contributed by atoms with Gasteiger partial charge in [0.1, 0.15) is 5.69 Å². The zero-order valence-corrected chi connectivity index (χ0v) is 12.6. The minimum atomic E-state index is -3.58. The van der Waals surface area contributed by atoms with Crippen molar-refractivity contribution in [2.75, 3.05) is 13.1 Å². The molecule has 1 atom stereocenters. The van der Waals surface area contributed by atoms with Gasteiger partial charge >= 0.3 is 0 Å². The van der Waals surface area contributed by atoms with Crippen LogP contribution in [0.1, 0.15) is 47.1 Å². The Morgan fingerprint density at radius 2 is 2.15 bits per heavy atom. The highest BCUT2D eigenvalue weighted by atomic mass is 32.2. The van der Waals surface area contributed by atoms with Gasteiger partial charge in [0.05, 0.1) is 10.3 Å². The molecular weight excluding hydrogens is 298 g/mol. The lowest BCUT2D eigenvalue weighted by Gasteiger charge is -2.31. The van der Waals surface area contributed by atoms with Crippen LogP contribution in [-0.4, -0.2) is 42.5 Å². The number of hydrogen-bond acceptors (Lipinski definition) is 5. The molecule has 1 saturated carbocycles. The third-order valence-electron chi connectivity index (χ3n) is 3.80. The first-order chi connectivity index (χ1) is 9.45. The smallest absolute Gasteiger partial charge is 0.273 e. The van der Waals surface area contributed by atoms with Crippen molar-refractivity contribution in [1.82, 2.24) is 9.88 Å². The number of nitrogens with zero attached hydrogens (tertiary/aromatic N) is 2. The van der Waals surface area contributed by atoms with Crippen molar-refractivity contribution in [3.05, 3.63) is 16.1 Å². The Bertz CT molecular complexity index is 622. The fraction of sp³-hybridized carbons (Fsp3) is 0.667. The van der Waals surface area contributed by atoms with E-state index in [0.29, 0.717) is 31.0 Å². The van der Waals surface area contributed by atoms with Crippen LogP contribution in [0.4, 0.5) is 0 Å². The number of likely N-dealkylation sites (tertiary alicyclic amines) is 1. The average molecular weight is 315 g/mol. The lowest BCUT2D eigenvalue weighted by atomic mass is 10.1. The normalized spacial score (nSPS) is 23.9. The van der Waals surface area contributed by atoms with Crippen LogP contribution in [0, 0.1) is 0 Å². The Balaban J connectivity index is 1.72. The summed E-state index contributed by atoms with van der Waals surface area (Å²) < 4.78 is 22.8. The standard InChI is InChI=1S/C12H17N3O3S2/c13-20(17,18)9-2-1-5-15(6-9)12(16)10-7-19-11(14-10)8-3-4-8/h7-9H,1-6H2,(H2,13,17,18). The number of aromatic nitrogens is 1. The molecule has 1 aromatic rings. The molecule has 3 rings (SSSR count). The number of amides is 1. The third kappa shape index (κ3) is 2.87. The quantitative estimate of drug-likeness (QED) is 0.897. The van der Waals surface area contributed by atoms with Crippen molar-refractivity contribution in [3.8, 4) is 0 Å². The van der Waals surface area contributed by atoms with Gasteiger partial charge < -0.3 is 4.90 Å². The second kappa shape index (κ2) is 5.09. The van der Waals surface area contributed by atoms with Crippen LogP contribution in [0.15, 0.2) is 5.38 Å². The highest BCUT2D eigenvalue weighted by Crippen LogP contribution is 2.41. The van der Waals surface area contributed by atoms with E-state index in [1.54, 1.807) is 10.3 Å². The first-order valence-electron chi connectivity index (χ1n) is 6.71. The molecule has 8 heteroatoms. The van der Waals surface area contributed by atoms with Gasteiger partial charge in [-0.05, 0) is 25.7 Å². The van der Waals surface area contributed by atoms with E-state index in [0.717, 1.165) is 17.8 Å². The van der Waals surface area contributed by atoms with E-state index in [1.807, 2.05) is 0 Å². The van der Waals surface area contributed by atoms with Crippen LogP contribution in [0.5, 0.6) is 0 Å². The minimum Gasteiger partial charge on any atom is -0.336 e. The monoisotopic (exact) mass is 315 g/mol. The Hall–Kier alpha value is -0.990. The molecule has 1 unspecified atom stereocenters. The number of carbonyl (C=O) groups is 1. The van der Waals surface area contributed by atoms with Gasteiger partial charge in [-0.1, -0.05) is 0 Å². The number of rotatable bonds is 3. The van der Waals surface area contributed by atoms with E-state index < -0.39 is 15.3 Å². The number of thiazole rings is 1. The van der Waals surface area contributed by atoms with Gasteiger partial charge in [0.15, 0.2) is 0 Å². The fourth-order valence-corrected chi connectivity index (χ4v) is 4.30. The maximum atomic E-state index is 12.4. The van der Waals surface area contributed by atoms with Gasteiger partial charge in [-0.3, -0.25) is 4.79 Å². The number of sulfonamides is 1. The summed E-state index contributed by atoms with van der Waals surface area (Å²) in [6.07, 6.45) is 3.48. The molecular formula is C12H17N3O3S2. The molecule has 0 spiro atoms. The predicted octanol–water partition coefficient (Wildman–Crippen LogP) is 0.914. The topological polar surface area (TPSA) is 93.4 Å². The minimum absolute atomic E-state index is 0.175. The van der Waals surface area contributed by atoms with Crippen molar-refractivity contribution in [2.24, 2.45) is 5.14 Å². The van der Waals surface area contributed by atoms with Gasteiger partial charge in [0.25, 0.3) is 5.91 Å². The summed E-state index contributed by atoms with van der Waals surface area (Å²) in [6, 6.07) is 0. The molecule has 0 radical (unpaired) electrons. The Kier molecular flexibility index (Phi) is 3.55.